The van der Waals surface area contributed by atoms with Gasteiger partial charge in [0.15, 0.2) is 0 Å². The summed E-state index contributed by atoms with van der Waals surface area (Å²) in [6.45, 7) is 0. The highest BCUT2D eigenvalue weighted by Gasteiger charge is 2.17. The van der Waals surface area contributed by atoms with Crippen LogP contribution < -0.4 is 5.32 Å². The number of nitrogens with one attached hydrogen (secondary N) is 1. The van der Waals surface area contributed by atoms with E-state index in [-0.39, 0.29) is 6.04 Å². The molecule has 5 aromatic carbocycles. The first-order valence-electron chi connectivity index (χ1n) is 13.6. The molecule has 2 heterocycles. The first kappa shape index (κ1) is 23.9. The van der Waals surface area contributed by atoms with Gasteiger partial charge in [0.2, 0.25) is 0 Å². The van der Waals surface area contributed by atoms with Crippen LogP contribution in [0.25, 0.3) is 38.5 Å². The Balaban J connectivity index is 1.21. The molecule has 0 fully saturated rings. The van der Waals surface area contributed by atoms with Crippen LogP contribution in [-0.4, -0.2) is 14.8 Å². The van der Waals surface area contributed by atoms with Crippen molar-refractivity contribution >= 4 is 27.4 Å². The molecule has 1 N–H and O–H groups in total. The number of anilines is 1. The third-order valence-corrected chi connectivity index (χ3v) is 7.36. The molecule has 0 amide bonds. The Kier molecular flexibility index (Phi) is 6.27. The predicted octanol–water partition coefficient (Wildman–Crippen LogP) is 8.64. The molecule has 1 unspecified atom stereocenters. The lowest BCUT2D eigenvalue weighted by Gasteiger charge is -2.18. The van der Waals surface area contributed by atoms with Crippen molar-refractivity contribution in [1.29, 1.82) is 0 Å². The number of pyridine rings is 1. The van der Waals surface area contributed by atoms with Gasteiger partial charge in [-0.25, -0.2) is 9.67 Å². The molecule has 7 aromatic rings. The van der Waals surface area contributed by atoms with Gasteiger partial charge in [0.25, 0.3) is 0 Å². The second kappa shape index (κ2) is 10.5. The highest BCUT2D eigenvalue weighted by molar-refractivity contribution is 5.87. The Labute approximate surface area is 233 Å². The molecular weight excluding hydrogens is 488 g/mol. The Hall–Kier alpha value is -5.22. The molecule has 1 atom stereocenters. The van der Waals surface area contributed by atoms with E-state index in [9.17, 15) is 0 Å². The fourth-order valence-electron chi connectivity index (χ4n) is 5.27. The van der Waals surface area contributed by atoms with E-state index < -0.39 is 0 Å². The van der Waals surface area contributed by atoms with Crippen molar-refractivity contribution < 1.29 is 0 Å². The molecule has 7 rings (SSSR count). The lowest BCUT2D eigenvalue weighted by molar-refractivity contribution is 0.716. The van der Waals surface area contributed by atoms with Gasteiger partial charge in [-0.3, -0.25) is 0 Å². The van der Waals surface area contributed by atoms with Crippen LogP contribution in [-0.2, 0) is 6.42 Å². The summed E-state index contributed by atoms with van der Waals surface area (Å²) in [4.78, 5) is 5.01. The van der Waals surface area contributed by atoms with Gasteiger partial charge in [0, 0.05) is 11.8 Å². The SMILES string of the molecule is c1ccc(CC(Nc2cccc(-c3ccc4ccccc4c3)n2)c2ccn(-c3ccc4ccccc4c3)n2)cc1. The molecule has 4 heteroatoms. The molecule has 0 saturated heterocycles. The number of hydrogen-bond acceptors (Lipinski definition) is 3. The quantitative estimate of drug-likeness (QED) is 0.231. The highest BCUT2D eigenvalue weighted by atomic mass is 15.3. The second-order valence-electron chi connectivity index (χ2n) is 10.1. The monoisotopic (exact) mass is 516 g/mol. The third-order valence-electron chi connectivity index (χ3n) is 7.36. The van der Waals surface area contributed by atoms with Gasteiger partial charge >= 0.3 is 0 Å². The van der Waals surface area contributed by atoms with Crippen LogP contribution in [0.2, 0.25) is 0 Å². The Bertz CT molecular complexity index is 1920. The summed E-state index contributed by atoms with van der Waals surface area (Å²) in [6, 6.07) is 48.5. The minimum absolute atomic E-state index is 0.0524. The van der Waals surface area contributed by atoms with E-state index in [1.54, 1.807) is 0 Å². The second-order valence-corrected chi connectivity index (χ2v) is 10.1. The summed E-state index contributed by atoms with van der Waals surface area (Å²) in [5, 5.41) is 13.6. The number of rotatable bonds is 7. The topological polar surface area (TPSA) is 42.7 Å². The van der Waals surface area contributed by atoms with E-state index in [0.717, 1.165) is 34.9 Å². The van der Waals surface area contributed by atoms with E-state index in [0.29, 0.717) is 0 Å². The molecule has 192 valence electrons. The van der Waals surface area contributed by atoms with Crippen LogP contribution in [0.5, 0.6) is 0 Å². The van der Waals surface area contributed by atoms with Crippen LogP contribution in [0.1, 0.15) is 17.3 Å². The van der Waals surface area contributed by atoms with Gasteiger partial charge in [-0.1, -0.05) is 103 Å². The van der Waals surface area contributed by atoms with Crippen molar-refractivity contribution in [3.05, 3.63) is 157 Å². The molecule has 0 aliphatic carbocycles. The van der Waals surface area contributed by atoms with E-state index in [4.69, 9.17) is 10.1 Å². The fraction of sp³-hybridized carbons (Fsp3) is 0.0556. The van der Waals surface area contributed by atoms with Gasteiger partial charge in [0.05, 0.1) is 23.1 Å². The van der Waals surface area contributed by atoms with E-state index >= 15 is 0 Å². The molecule has 2 aromatic heterocycles. The summed E-state index contributed by atoms with van der Waals surface area (Å²) < 4.78 is 1.96. The molecule has 0 aliphatic rings. The molecule has 0 spiro atoms. The minimum atomic E-state index is -0.0524. The molecule has 0 saturated carbocycles. The summed E-state index contributed by atoms with van der Waals surface area (Å²) >= 11 is 0. The average molecular weight is 517 g/mol. The maximum absolute atomic E-state index is 5.02. The fourth-order valence-corrected chi connectivity index (χ4v) is 5.27. The maximum atomic E-state index is 5.02. The Morgan fingerprint density at radius 2 is 1.30 bits per heavy atom. The first-order chi connectivity index (χ1) is 19.8. The van der Waals surface area contributed by atoms with E-state index in [1.807, 2.05) is 16.9 Å². The van der Waals surface area contributed by atoms with Gasteiger partial charge in [-0.05, 0) is 69.9 Å². The number of nitrogens with zero attached hydrogens (tertiary/aromatic N) is 3. The van der Waals surface area contributed by atoms with Crippen molar-refractivity contribution in [3.63, 3.8) is 0 Å². The van der Waals surface area contributed by atoms with Gasteiger partial charge in [-0.15, -0.1) is 0 Å². The summed E-state index contributed by atoms with van der Waals surface area (Å²) in [6.07, 6.45) is 2.83. The molecule has 4 nitrogen and oxygen atoms in total. The number of fused-ring (bicyclic) bond motifs is 2. The van der Waals surface area contributed by atoms with E-state index in [1.165, 1.54) is 27.1 Å². The van der Waals surface area contributed by atoms with Crippen molar-refractivity contribution in [2.24, 2.45) is 0 Å². The minimum Gasteiger partial charge on any atom is -0.361 e. The van der Waals surface area contributed by atoms with Crippen LogP contribution in [0, 0.1) is 0 Å². The normalized spacial score (nSPS) is 12.0. The zero-order chi connectivity index (χ0) is 26.7. The highest BCUT2D eigenvalue weighted by Crippen LogP contribution is 2.27. The van der Waals surface area contributed by atoms with Crippen molar-refractivity contribution in [1.82, 2.24) is 14.8 Å². The van der Waals surface area contributed by atoms with Crippen LogP contribution in [0.15, 0.2) is 146 Å². The van der Waals surface area contributed by atoms with Crippen LogP contribution in [0.3, 0.4) is 0 Å². The van der Waals surface area contributed by atoms with Crippen LogP contribution >= 0.6 is 0 Å². The zero-order valence-corrected chi connectivity index (χ0v) is 22.0. The standard InChI is InChI=1S/C36H28N4/c1-2-9-26(10-3-1)23-35(34-21-22-40(39-34)32-20-19-28-12-5-7-14-30(28)25-32)38-36-16-8-15-33(37-36)31-18-17-27-11-4-6-13-29(27)24-31/h1-22,24-25,35H,23H2,(H,37,38). The summed E-state index contributed by atoms with van der Waals surface area (Å²) in [5.41, 5.74) is 5.29. The number of aromatic nitrogens is 3. The molecular formula is C36H28N4. The largest absolute Gasteiger partial charge is 0.361 e. The van der Waals surface area contributed by atoms with Gasteiger partial charge in [-0.2, -0.15) is 5.10 Å². The maximum Gasteiger partial charge on any atom is 0.127 e. The Morgan fingerprint density at radius 1 is 0.600 bits per heavy atom. The lowest BCUT2D eigenvalue weighted by atomic mass is 10.0. The molecule has 0 radical (unpaired) electrons. The average Bonchev–Trinajstić information content (AvgIpc) is 3.51. The van der Waals surface area contributed by atoms with Gasteiger partial charge in [0.1, 0.15) is 5.82 Å². The lowest BCUT2D eigenvalue weighted by Crippen LogP contribution is -2.16. The number of hydrogen-bond donors (Lipinski definition) is 1. The summed E-state index contributed by atoms with van der Waals surface area (Å²) in [5.74, 6) is 0.826. The third kappa shape index (κ3) is 4.95. The summed E-state index contributed by atoms with van der Waals surface area (Å²) in [7, 11) is 0. The van der Waals surface area contributed by atoms with Crippen LogP contribution in [0.4, 0.5) is 5.82 Å². The van der Waals surface area contributed by atoms with E-state index in [2.05, 4.69) is 139 Å². The smallest absolute Gasteiger partial charge is 0.127 e. The van der Waals surface area contributed by atoms with Gasteiger partial charge < -0.3 is 5.32 Å². The van der Waals surface area contributed by atoms with Crippen molar-refractivity contribution in [2.75, 3.05) is 5.32 Å². The first-order valence-corrected chi connectivity index (χ1v) is 13.6. The predicted molar refractivity (Wildman–Crippen MR) is 165 cm³/mol. The van der Waals surface area contributed by atoms with Crippen molar-refractivity contribution in [2.45, 2.75) is 12.5 Å². The molecule has 0 bridgehead atoms. The molecule has 0 aliphatic heterocycles. The van der Waals surface area contributed by atoms with Crippen molar-refractivity contribution in [3.8, 4) is 16.9 Å². The molecule has 40 heavy (non-hydrogen) atoms. The number of benzene rings is 5. The zero-order valence-electron chi connectivity index (χ0n) is 22.0. The Morgan fingerprint density at radius 3 is 2.10 bits per heavy atom.